The van der Waals surface area contributed by atoms with Crippen LogP contribution in [0.1, 0.15) is 47.0 Å². The van der Waals surface area contributed by atoms with Crippen LogP contribution in [0, 0.1) is 17.3 Å². The van der Waals surface area contributed by atoms with Gasteiger partial charge in [0.15, 0.2) is 0 Å². The Balaban J connectivity index is 4.37. The van der Waals surface area contributed by atoms with Gasteiger partial charge in [-0.25, -0.2) is 0 Å². The van der Waals surface area contributed by atoms with Crippen LogP contribution in [0.25, 0.3) is 0 Å². The molecule has 0 bridgehead atoms. The van der Waals surface area contributed by atoms with E-state index in [-0.39, 0.29) is 0 Å². The fourth-order valence-corrected chi connectivity index (χ4v) is 1.66. The Morgan fingerprint density at radius 2 is 1.50 bits per heavy atom. The molecule has 0 aliphatic carbocycles. The molecule has 0 aromatic heterocycles. The van der Waals surface area contributed by atoms with E-state index in [2.05, 4.69) is 13.8 Å². The average Bonchev–Trinajstić information content (AvgIpc) is 2.11. The molecule has 0 saturated heterocycles. The highest BCUT2D eigenvalue weighted by Crippen LogP contribution is 2.29. The molecule has 0 radical (unpaired) electrons. The van der Waals surface area contributed by atoms with E-state index in [1.807, 2.05) is 13.8 Å². The minimum atomic E-state index is -0.724. The van der Waals surface area contributed by atoms with Crippen molar-refractivity contribution in [3.8, 4) is 0 Å². The van der Waals surface area contributed by atoms with Crippen LogP contribution in [0.15, 0.2) is 0 Å². The number of hydrogen-bond donors (Lipinski definition) is 0. The average molecular weight is 198 g/mol. The zero-order valence-corrected chi connectivity index (χ0v) is 9.75. The summed E-state index contributed by atoms with van der Waals surface area (Å²) in [6.45, 7) is 8.29. The zero-order chi connectivity index (χ0) is 11.2. The first-order valence-corrected chi connectivity index (χ1v) is 5.38. The standard InChI is InChI=1S/C12H22O2/c1-10(2)5-6-12(8-13,9-14)7-11(3)4/h8-11H,5-7H2,1-4H3. The fourth-order valence-electron chi connectivity index (χ4n) is 1.66. The fraction of sp³-hybridized carbons (Fsp3) is 0.833. The van der Waals surface area contributed by atoms with Gasteiger partial charge in [-0.3, -0.25) is 0 Å². The molecule has 0 spiro atoms. The predicted molar refractivity (Wildman–Crippen MR) is 58.1 cm³/mol. The summed E-state index contributed by atoms with van der Waals surface area (Å²) in [5, 5.41) is 0. The molecule has 0 aromatic carbocycles. The number of aldehydes is 2. The molecule has 2 heteroatoms. The summed E-state index contributed by atoms with van der Waals surface area (Å²) in [5.41, 5.74) is -0.724. The van der Waals surface area contributed by atoms with Crippen molar-refractivity contribution < 1.29 is 9.59 Å². The van der Waals surface area contributed by atoms with Crippen LogP contribution >= 0.6 is 0 Å². The molecule has 0 rings (SSSR count). The van der Waals surface area contributed by atoms with Crippen molar-refractivity contribution in [3.05, 3.63) is 0 Å². The van der Waals surface area contributed by atoms with E-state index in [0.717, 1.165) is 19.0 Å². The maximum Gasteiger partial charge on any atom is 0.133 e. The largest absolute Gasteiger partial charge is 0.302 e. The van der Waals surface area contributed by atoms with Gasteiger partial charge in [-0.15, -0.1) is 0 Å². The molecule has 0 N–H and O–H groups in total. The van der Waals surface area contributed by atoms with Crippen LogP contribution in [-0.2, 0) is 9.59 Å². The van der Waals surface area contributed by atoms with Gasteiger partial charge in [-0.2, -0.15) is 0 Å². The molecular formula is C12H22O2. The maximum absolute atomic E-state index is 11.0. The minimum absolute atomic E-state index is 0.387. The van der Waals surface area contributed by atoms with E-state index in [1.165, 1.54) is 0 Å². The third kappa shape index (κ3) is 4.54. The molecule has 0 aromatic rings. The molecule has 82 valence electrons. The molecule has 0 unspecified atom stereocenters. The van der Waals surface area contributed by atoms with Gasteiger partial charge in [0.25, 0.3) is 0 Å². The van der Waals surface area contributed by atoms with Crippen molar-refractivity contribution in [2.24, 2.45) is 17.3 Å². The predicted octanol–water partition coefficient (Wildman–Crippen LogP) is 2.85. The van der Waals surface area contributed by atoms with Crippen LogP contribution < -0.4 is 0 Å². The first kappa shape index (κ1) is 13.3. The molecule has 0 aliphatic heterocycles. The first-order chi connectivity index (χ1) is 6.45. The molecule has 0 atom stereocenters. The van der Waals surface area contributed by atoms with Gasteiger partial charge in [0, 0.05) is 0 Å². The lowest BCUT2D eigenvalue weighted by Gasteiger charge is -2.24. The van der Waals surface area contributed by atoms with Gasteiger partial charge in [0.05, 0.1) is 5.41 Å². The maximum atomic E-state index is 11.0. The van der Waals surface area contributed by atoms with E-state index in [9.17, 15) is 9.59 Å². The van der Waals surface area contributed by atoms with Crippen molar-refractivity contribution in [1.82, 2.24) is 0 Å². The lowest BCUT2D eigenvalue weighted by Crippen LogP contribution is -2.27. The summed E-state index contributed by atoms with van der Waals surface area (Å²) in [7, 11) is 0. The third-order valence-corrected chi connectivity index (χ3v) is 2.44. The van der Waals surface area contributed by atoms with E-state index in [0.29, 0.717) is 24.7 Å². The Labute approximate surface area is 87.1 Å². The normalized spacial score (nSPS) is 12.1. The third-order valence-electron chi connectivity index (χ3n) is 2.44. The van der Waals surface area contributed by atoms with Crippen molar-refractivity contribution >= 4 is 12.6 Å². The molecule has 0 fully saturated rings. The lowest BCUT2D eigenvalue weighted by molar-refractivity contribution is -0.127. The second-order valence-corrected chi connectivity index (χ2v) is 5.00. The smallest absolute Gasteiger partial charge is 0.133 e. The highest BCUT2D eigenvalue weighted by atomic mass is 16.1. The van der Waals surface area contributed by atoms with Gasteiger partial charge >= 0.3 is 0 Å². The molecule has 14 heavy (non-hydrogen) atoms. The van der Waals surface area contributed by atoms with Gasteiger partial charge in [0.2, 0.25) is 0 Å². The number of carbonyl (C=O) groups is 2. The van der Waals surface area contributed by atoms with Crippen LogP contribution in [0.2, 0.25) is 0 Å². The molecular weight excluding hydrogens is 176 g/mol. The number of hydrogen-bond acceptors (Lipinski definition) is 2. The number of rotatable bonds is 7. The van der Waals surface area contributed by atoms with E-state index in [4.69, 9.17) is 0 Å². The second kappa shape index (κ2) is 5.94. The summed E-state index contributed by atoms with van der Waals surface area (Å²) in [5.74, 6) is 0.930. The lowest BCUT2D eigenvalue weighted by atomic mass is 9.78. The van der Waals surface area contributed by atoms with Crippen molar-refractivity contribution in [1.29, 1.82) is 0 Å². The van der Waals surface area contributed by atoms with Gasteiger partial charge < -0.3 is 9.59 Å². The molecule has 0 aliphatic rings. The Kier molecular flexibility index (Phi) is 5.66. The van der Waals surface area contributed by atoms with Gasteiger partial charge in [-0.05, 0) is 31.1 Å². The summed E-state index contributed by atoms with van der Waals surface area (Å²) < 4.78 is 0. The topological polar surface area (TPSA) is 34.1 Å². The van der Waals surface area contributed by atoms with Crippen molar-refractivity contribution in [2.75, 3.05) is 0 Å². The first-order valence-electron chi connectivity index (χ1n) is 5.38. The highest BCUT2D eigenvalue weighted by molar-refractivity contribution is 5.83. The van der Waals surface area contributed by atoms with Gasteiger partial charge in [0.1, 0.15) is 12.6 Å². The monoisotopic (exact) mass is 198 g/mol. The van der Waals surface area contributed by atoms with E-state index < -0.39 is 5.41 Å². The summed E-state index contributed by atoms with van der Waals surface area (Å²) in [6.07, 6.45) is 3.97. The summed E-state index contributed by atoms with van der Waals surface area (Å²) in [6, 6.07) is 0. The molecule has 0 heterocycles. The van der Waals surface area contributed by atoms with Crippen molar-refractivity contribution in [2.45, 2.75) is 47.0 Å². The Bertz CT molecular complexity index is 175. The summed E-state index contributed by atoms with van der Waals surface area (Å²) in [4.78, 5) is 21.9. The van der Waals surface area contributed by atoms with Crippen LogP contribution in [0.5, 0.6) is 0 Å². The van der Waals surface area contributed by atoms with E-state index in [1.54, 1.807) is 0 Å². The Hall–Kier alpha value is -0.660. The molecule has 2 nitrogen and oxygen atoms in total. The van der Waals surface area contributed by atoms with Gasteiger partial charge in [-0.1, -0.05) is 27.7 Å². The van der Waals surface area contributed by atoms with Crippen molar-refractivity contribution in [3.63, 3.8) is 0 Å². The number of carbonyl (C=O) groups excluding carboxylic acids is 2. The molecule has 0 amide bonds. The van der Waals surface area contributed by atoms with Crippen LogP contribution in [0.3, 0.4) is 0 Å². The minimum Gasteiger partial charge on any atom is -0.302 e. The van der Waals surface area contributed by atoms with E-state index >= 15 is 0 Å². The Morgan fingerprint density at radius 3 is 1.79 bits per heavy atom. The SMILES string of the molecule is CC(C)CCC(C=O)(C=O)CC(C)C. The van der Waals surface area contributed by atoms with Crippen LogP contribution in [0.4, 0.5) is 0 Å². The zero-order valence-electron chi connectivity index (χ0n) is 9.75. The quantitative estimate of drug-likeness (QED) is 0.465. The van der Waals surface area contributed by atoms with Crippen LogP contribution in [-0.4, -0.2) is 12.6 Å². The molecule has 0 saturated carbocycles. The highest BCUT2D eigenvalue weighted by Gasteiger charge is 2.29. The Morgan fingerprint density at radius 1 is 1.00 bits per heavy atom. The summed E-state index contributed by atoms with van der Waals surface area (Å²) >= 11 is 0. The second-order valence-electron chi connectivity index (χ2n) is 5.00.